The first-order valence-corrected chi connectivity index (χ1v) is 12.5. The zero-order valence-electron chi connectivity index (χ0n) is 20.3. The van der Waals surface area contributed by atoms with Gasteiger partial charge in [0.2, 0.25) is 0 Å². The minimum absolute atomic E-state index is 0.181. The summed E-state index contributed by atoms with van der Waals surface area (Å²) in [6.07, 6.45) is 8.67. The monoisotopic (exact) mass is 503 g/mol. The molecule has 37 heavy (non-hydrogen) atoms. The molecule has 1 aromatic carbocycles. The molecule has 0 radical (unpaired) electrons. The summed E-state index contributed by atoms with van der Waals surface area (Å²) in [4.78, 5) is 25.7. The highest BCUT2D eigenvalue weighted by Crippen LogP contribution is 2.31. The SMILES string of the molecule is O=C(Nc1ccc(N2CCC(F)(F)C2)nc1)c1n[nH]c2ccc(-c3cncc(N4CCCCC4)c3)cc12. The van der Waals surface area contributed by atoms with Gasteiger partial charge in [-0.15, -0.1) is 0 Å². The Morgan fingerprint density at radius 2 is 1.81 bits per heavy atom. The number of H-pyrrole nitrogens is 1. The number of benzene rings is 1. The number of rotatable bonds is 5. The van der Waals surface area contributed by atoms with Crippen molar-refractivity contribution >= 4 is 34.0 Å². The Kier molecular flexibility index (Phi) is 5.94. The molecule has 6 rings (SSSR count). The van der Waals surface area contributed by atoms with E-state index in [0.29, 0.717) is 16.9 Å². The second kappa shape index (κ2) is 9.42. The normalized spacial score (nSPS) is 17.4. The van der Waals surface area contributed by atoms with Crippen LogP contribution in [0.3, 0.4) is 0 Å². The number of alkyl halides is 2. The zero-order chi connectivity index (χ0) is 25.4. The maximum Gasteiger partial charge on any atom is 0.276 e. The summed E-state index contributed by atoms with van der Waals surface area (Å²) in [5, 5.41) is 10.7. The van der Waals surface area contributed by atoms with Crippen LogP contribution in [-0.2, 0) is 0 Å². The minimum atomic E-state index is -2.70. The minimum Gasteiger partial charge on any atom is -0.370 e. The third-order valence-electron chi connectivity index (χ3n) is 7.06. The molecule has 0 spiro atoms. The molecule has 2 N–H and O–H groups in total. The standard InChI is InChI=1S/C27H27F2N7O/c28-27(29)8-11-36(17-27)24-7-5-20(15-31-24)32-26(37)25-22-13-18(4-6-23(22)33-34-25)19-12-21(16-30-14-19)35-9-2-1-3-10-35/h4-7,12-16H,1-3,8-11,17H2,(H,32,37)(H,33,34). The number of pyridine rings is 2. The summed E-state index contributed by atoms with van der Waals surface area (Å²) in [6, 6.07) is 11.3. The van der Waals surface area contributed by atoms with Gasteiger partial charge in [0, 0.05) is 43.2 Å². The topological polar surface area (TPSA) is 90.0 Å². The average Bonchev–Trinajstić information content (AvgIpc) is 3.52. The van der Waals surface area contributed by atoms with Crippen molar-refractivity contribution in [1.82, 2.24) is 20.2 Å². The van der Waals surface area contributed by atoms with Crippen LogP contribution in [0.1, 0.15) is 36.2 Å². The van der Waals surface area contributed by atoms with Crippen molar-refractivity contribution in [2.24, 2.45) is 0 Å². The predicted molar refractivity (Wildman–Crippen MR) is 139 cm³/mol. The van der Waals surface area contributed by atoms with Crippen LogP contribution < -0.4 is 15.1 Å². The molecule has 3 aromatic heterocycles. The molecule has 2 aliphatic rings. The van der Waals surface area contributed by atoms with E-state index in [2.05, 4.69) is 36.4 Å². The molecule has 1 amide bonds. The maximum absolute atomic E-state index is 13.5. The zero-order valence-corrected chi connectivity index (χ0v) is 20.3. The molecule has 0 saturated carbocycles. The molecule has 0 unspecified atom stereocenters. The van der Waals surface area contributed by atoms with Crippen molar-refractivity contribution in [3.05, 3.63) is 60.7 Å². The summed E-state index contributed by atoms with van der Waals surface area (Å²) in [5.74, 6) is -2.62. The first kappa shape index (κ1) is 23.3. The van der Waals surface area contributed by atoms with Gasteiger partial charge in [-0.3, -0.25) is 14.9 Å². The van der Waals surface area contributed by atoms with Crippen molar-refractivity contribution in [1.29, 1.82) is 0 Å². The van der Waals surface area contributed by atoms with Gasteiger partial charge >= 0.3 is 0 Å². The van der Waals surface area contributed by atoms with Crippen LogP contribution in [0, 0.1) is 0 Å². The van der Waals surface area contributed by atoms with Gasteiger partial charge in [-0.25, -0.2) is 13.8 Å². The van der Waals surface area contributed by atoms with Crippen LogP contribution in [0.4, 0.5) is 26.0 Å². The van der Waals surface area contributed by atoms with E-state index >= 15 is 0 Å². The van der Waals surface area contributed by atoms with E-state index in [1.54, 1.807) is 17.0 Å². The van der Waals surface area contributed by atoms with Crippen molar-refractivity contribution in [2.75, 3.05) is 41.3 Å². The molecule has 10 heteroatoms. The second-order valence-corrected chi connectivity index (χ2v) is 9.70. The average molecular weight is 504 g/mol. The molecule has 2 saturated heterocycles. The number of halogens is 2. The van der Waals surface area contributed by atoms with Crippen LogP contribution in [0.25, 0.3) is 22.0 Å². The Balaban J connectivity index is 1.21. The van der Waals surface area contributed by atoms with Gasteiger partial charge in [0.25, 0.3) is 11.8 Å². The van der Waals surface area contributed by atoms with Crippen LogP contribution in [0.2, 0.25) is 0 Å². The molecule has 2 fully saturated rings. The van der Waals surface area contributed by atoms with Gasteiger partial charge in [0.15, 0.2) is 5.69 Å². The van der Waals surface area contributed by atoms with E-state index in [4.69, 9.17) is 0 Å². The van der Waals surface area contributed by atoms with Crippen molar-refractivity contribution in [3.8, 4) is 11.1 Å². The third-order valence-corrected chi connectivity index (χ3v) is 7.06. The second-order valence-electron chi connectivity index (χ2n) is 9.70. The van der Waals surface area contributed by atoms with E-state index in [1.165, 1.54) is 25.5 Å². The number of hydrogen-bond acceptors (Lipinski definition) is 6. The fourth-order valence-corrected chi connectivity index (χ4v) is 5.05. The summed E-state index contributed by atoms with van der Waals surface area (Å²) in [7, 11) is 0. The Bertz CT molecular complexity index is 1430. The van der Waals surface area contributed by atoms with E-state index in [1.807, 2.05) is 30.6 Å². The molecule has 0 aliphatic carbocycles. The molecule has 190 valence electrons. The first-order chi connectivity index (χ1) is 17.9. The van der Waals surface area contributed by atoms with Crippen molar-refractivity contribution in [2.45, 2.75) is 31.6 Å². The fraction of sp³-hybridized carbons (Fsp3) is 0.333. The highest BCUT2D eigenvalue weighted by Gasteiger charge is 2.38. The number of aromatic amines is 1. The van der Waals surface area contributed by atoms with Gasteiger partial charge in [-0.2, -0.15) is 5.10 Å². The number of carbonyl (C=O) groups is 1. The van der Waals surface area contributed by atoms with Crippen LogP contribution >= 0.6 is 0 Å². The Labute approximate surface area is 212 Å². The summed E-state index contributed by atoms with van der Waals surface area (Å²) in [6.45, 7) is 1.99. The molecule has 0 bridgehead atoms. The van der Waals surface area contributed by atoms with Gasteiger partial charge in [-0.1, -0.05) is 6.07 Å². The first-order valence-electron chi connectivity index (χ1n) is 12.5. The Morgan fingerprint density at radius 1 is 0.946 bits per heavy atom. The van der Waals surface area contributed by atoms with Gasteiger partial charge in [-0.05, 0) is 55.2 Å². The lowest BCUT2D eigenvalue weighted by Gasteiger charge is -2.28. The molecule has 0 atom stereocenters. The maximum atomic E-state index is 13.5. The lowest BCUT2D eigenvalue weighted by molar-refractivity contribution is 0.0256. The van der Waals surface area contributed by atoms with Crippen molar-refractivity contribution < 1.29 is 13.6 Å². The highest BCUT2D eigenvalue weighted by molar-refractivity contribution is 6.11. The van der Waals surface area contributed by atoms with Gasteiger partial charge in [0.05, 0.1) is 35.8 Å². The fourth-order valence-electron chi connectivity index (χ4n) is 5.05. The number of amides is 1. The lowest BCUT2D eigenvalue weighted by atomic mass is 10.0. The molecular weight excluding hydrogens is 476 g/mol. The number of hydrogen-bond donors (Lipinski definition) is 2. The van der Waals surface area contributed by atoms with E-state index in [0.717, 1.165) is 35.4 Å². The van der Waals surface area contributed by atoms with Crippen LogP contribution in [0.5, 0.6) is 0 Å². The summed E-state index contributed by atoms with van der Waals surface area (Å²) < 4.78 is 27.0. The molecule has 4 aromatic rings. The Hall–Kier alpha value is -4.08. The number of fused-ring (bicyclic) bond motifs is 1. The van der Waals surface area contributed by atoms with Gasteiger partial charge < -0.3 is 15.1 Å². The number of anilines is 3. The molecule has 5 heterocycles. The Morgan fingerprint density at radius 3 is 2.57 bits per heavy atom. The van der Waals surface area contributed by atoms with Crippen LogP contribution in [0.15, 0.2) is 55.0 Å². The largest absolute Gasteiger partial charge is 0.370 e. The smallest absolute Gasteiger partial charge is 0.276 e. The van der Waals surface area contributed by atoms with E-state index < -0.39 is 5.92 Å². The predicted octanol–water partition coefficient (Wildman–Crippen LogP) is 5.11. The molecule has 8 nitrogen and oxygen atoms in total. The quantitative estimate of drug-likeness (QED) is 0.394. The molecule has 2 aliphatic heterocycles. The van der Waals surface area contributed by atoms with Crippen molar-refractivity contribution in [3.63, 3.8) is 0 Å². The van der Waals surface area contributed by atoms with Crippen LogP contribution in [-0.4, -0.2) is 58.2 Å². The summed E-state index contributed by atoms with van der Waals surface area (Å²) >= 11 is 0. The van der Waals surface area contributed by atoms with E-state index in [9.17, 15) is 13.6 Å². The summed E-state index contributed by atoms with van der Waals surface area (Å²) in [5.41, 5.74) is 4.51. The number of aromatic nitrogens is 4. The lowest BCUT2D eigenvalue weighted by Crippen LogP contribution is -2.29. The number of carbonyl (C=O) groups excluding carboxylic acids is 1. The number of piperidine rings is 1. The molecular formula is C27H27F2N7O. The highest BCUT2D eigenvalue weighted by atomic mass is 19.3. The third kappa shape index (κ3) is 4.83. The number of nitrogens with one attached hydrogen (secondary N) is 2. The number of nitrogens with zero attached hydrogens (tertiary/aromatic N) is 5. The van der Waals surface area contributed by atoms with Gasteiger partial charge in [0.1, 0.15) is 5.82 Å². The van der Waals surface area contributed by atoms with E-state index in [-0.39, 0.29) is 31.1 Å².